The molecule has 2 amide bonds. The van der Waals surface area contributed by atoms with Crippen molar-refractivity contribution in [1.82, 2.24) is 14.9 Å². The predicted octanol–water partition coefficient (Wildman–Crippen LogP) is 3.96. The molecule has 0 bridgehead atoms. The topological polar surface area (TPSA) is 67.2 Å². The zero-order valence-corrected chi connectivity index (χ0v) is 17.0. The van der Waals surface area contributed by atoms with Crippen LogP contribution in [0.5, 0.6) is 0 Å². The molecule has 0 unspecified atom stereocenters. The molecule has 3 aromatic rings. The van der Waals surface area contributed by atoms with Gasteiger partial charge in [0.1, 0.15) is 6.04 Å². The second-order valence-corrected chi connectivity index (χ2v) is 8.25. The number of imidazole rings is 1. The standard InChI is InChI=1S/C24H26N4O2/c29-22(25-16-17-9-3-1-4-10-17)15-21-23(30)27(18-11-5-2-6-12-18)24-26-19-13-7-8-14-20(19)28(21)24/h1,3-4,7-10,13-14,18,21H,2,5-6,11-12,15-16H2,(H,25,29)/t21-/m0/s1. The van der Waals surface area contributed by atoms with Gasteiger partial charge in [0.2, 0.25) is 11.9 Å². The van der Waals surface area contributed by atoms with Crippen LogP contribution < -0.4 is 10.2 Å². The summed E-state index contributed by atoms with van der Waals surface area (Å²) in [6, 6.07) is 17.3. The Morgan fingerprint density at radius 2 is 1.73 bits per heavy atom. The molecule has 1 fully saturated rings. The van der Waals surface area contributed by atoms with Crippen LogP contribution >= 0.6 is 0 Å². The molecular formula is C24H26N4O2. The smallest absolute Gasteiger partial charge is 0.253 e. The highest BCUT2D eigenvalue weighted by molar-refractivity contribution is 6.04. The first-order valence-electron chi connectivity index (χ1n) is 10.8. The molecule has 0 saturated heterocycles. The van der Waals surface area contributed by atoms with Crippen molar-refractivity contribution in [3.8, 4) is 0 Å². The Labute approximate surface area is 175 Å². The van der Waals surface area contributed by atoms with Gasteiger partial charge < -0.3 is 5.32 Å². The highest BCUT2D eigenvalue weighted by Gasteiger charge is 2.44. The minimum atomic E-state index is -0.537. The van der Waals surface area contributed by atoms with Gasteiger partial charge in [-0.05, 0) is 30.5 Å². The van der Waals surface area contributed by atoms with Gasteiger partial charge in [-0.1, -0.05) is 61.7 Å². The minimum Gasteiger partial charge on any atom is -0.352 e. The van der Waals surface area contributed by atoms with Crippen LogP contribution in [0.3, 0.4) is 0 Å². The van der Waals surface area contributed by atoms with E-state index >= 15 is 0 Å². The van der Waals surface area contributed by atoms with Crippen LogP contribution in [-0.2, 0) is 16.1 Å². The molecule has 0 spiro atoms. The van der Waals surface area contributed by atoms with Crippen molar-refractivity contribution < 1.29 is 9.59 Å². The van der Waals surface area contributed by atoms with E-state index in [9.17, 15) is 9.59 Å². The first kappa shape index (κ1) is 18.9. The second kappa shape index (κ2) is 7.94. The number of fused-ring (bicyclic) bond motifs is 3. The quantitative estimate of drug-likeness (QED) is 0.702. The Balaban J connectivity index is 1.42. The van der Waals surface area contributed by atoms with Gasteiger partial charge in [0.25, 0.3) is 5.91 Å². The number of aromatic nitrogens is 2. The normalized spacial score (nSPS) is 19.3. The Kier molecular flexibility index (Phi) is 4.99. The lowest BCUT2D eigenvalue weighted by atomic mass is 9.94. The van der Waals surface area contributed by atoms with Crippen molar-refractivity contribution in [1.29, 1.82) is 0 Å². The zero-order valence-electron chi connectivity index (χ0n) is 17.0. The molecule has 1 aliphatic carbocycles. The highest BCUT2D eigenvalue weighted by atomic mass is 16.2. The first-order valence-corrected chi connectivity index (χ1v) is 10.8. The number of nitrogens with zero attached hydrogens (tertiary/aromatic N) is 3. The molecule has 5 rings (SSSR count). The number of carbonyl (C=O) groups excluding carboxylic acids is 2. The number of hydrogen-bond acceptors (Lipinski definition) is 3. The summed E-state index contributed by atoms with van der Waals surface area (Å²) in [5.41, 5.74) is 2.83. The number of para-hydroxylation sites is 2. The average molecular weight is 402 g/mol. The molecule has 2 aliphatic rings. The lowest BCUT2D eigenvalue weighted by Crippen LogP contribution is -2.41. The maximum atomic E-state index is 13.5. The maximum absolute atomic E-state index is 13.5. The van der Waals surface area contributed by atoms with Gasteiger partial charge in [-0.15, -0.1) is 0 Å². The van der Waals surface area contributed by atoms with Gasteiger partial charge in [0.15, 0.2) is 0 Å². The summed E-state index contributed by atoms with van der Waals surface area (Å²) >= 11 is 0. The summed E-state index contributed by atoms with van der Waals surface area (Å²) in [5, 5.41) is 2.97. The van der Waals surface area contributed by atoms with Crippen LogP contribution in [0, 0.1) is 0 Å². The SMILES string of the molecule is O=C(C[C@H]1C(=O)N(C2CCCCC2)c2nc3ccccc3n21)NCc1ccccc1. The highest BCUT2D eigenvalue weighted by Crippen LogP contribution is 2.40. The Morgan fingerprint density at radius 3 is 2.53 bits per heavy atom. The van der Waals surface area contributed by atoms with E-state index in [2.05, 4.69) is 5.32 Å². The summed E-state index contributed by atoms with van der Waals surface area (Å²) in [6.45, 7) is 0.463. The van der Waals surface area contributed by atoms with Crippen LogP contribution in [0.4, 0.5) is 5.95 Å². The molecule has 6 heteroatoms. The number of benzene rings is 2. The number of nitrogens with one attached hydrogen (secondary N) is 1. The van der Waals surface area contributed by atoms with E-state index in [1.54, 1.807) is 0 Å². The van der Waals surface area contributed by atoms with Crippen LogP contribution in [0.25, 0.3) is 11.0 Å². The lowest BCUT2D eigenvalue weighted by Gasteiger charge is -2.30. The third-order valence-electron chi connectivity index (χ3n) is 6.28. The van der Waals surface area contributed by atoms with Gasteiger partial charge in [-0.3, -0.25) is 19.1 Å². The molecule has 1 N–H and O–H groups in total. The number of carbonyl (C=O) groups is 2. The van der Waals surface area contributed by atoms with E-state index in [1.807, 2.05) is 64.1 Å². The number of hydrogen-bond donors (Lipinski definition) is 1. The van der Waals surface area contributed by atoms with Gasteiger partial charge in [0, 0.05) is 12.6 Å². The molecule has 2 aromatic carbocycles. The molecule has 1 aromatic heterocycles. The molecule has 6 nitrogen and oxygen atoms in total. The van der Waals surface area contributed by atoms with Crippen molar-refractivity contribution in [3.63, 3.8) is 0 Å². The fourth-order valence-corrected chi connectivity index (χ4v) is 4.78. The van der Waals surface area contributed by atoms with Gasteiger partial charge in [-0.25, -0.2) is 4.98 Å². The fraction of sp³-hybridized carbons (Fsp3) is 0.375. The molecule has 1 atom stereocenters. The monoisotopic (exact) mass is 402 g/mol. The van der Waals surface area contributed by atoms with Crippen molar-refractivity contribution in [3.05, 3.63) is 60.2 Å². The van der Waals surface area contributed by atoms with Gasteiger partial charge in [0.05, 0.1) is 17.5 Å². The van der Waals surface area contributed by atoms with E-state index in [0.717, 1.165) is 42.3 Å². The van der Waals surface area contributed by atoms with Crippen LogP contribution in [0.2, 0.25) is 0 Å². The van der Waals surface area contributed by atoms with Gasteiger partial charge in [-0.2, -0.15) is 0 Å². The molecule has 2 heterocycles. The molecule has 30 heavy (non-hydrogen) atoms. The maximum Gasteiger partial charge on any atom is 0.253 e. The molecule has 154 valence electrons. The van der Waals surface area contributed by atoms with Crippen LogP contribution in [-0.4, -0.2) is 27.4 Å². The molecule has 1 saturated carbocycles. The van der Waals surface area contributed by atoms with E-state index in [1.165, 1.54) is 6.42 Å². The van der Waals surface area contributed by atoms with Crippen LogP contribution in [0.15, 0.2) is 54.6 Å². The largest absolute Gasteiger partial charge is 0.352 e. The number of anilines is 1. The fourth-order valence-electron chi connectivity index (χ4n) is 4.78. The minimum absolute atomic E-state index is 0.00464. The molecular weight excluding hydrogens is 376 g/mol. The summed E-state index contributed by atoms with van der Waals surface area (Å²) in [4.78, 5) is 32.9. The Bertz CT molecular complexity index is 1070. The van der Waals surface area contributed by atoms with Crippen molar-refractivity contribution in [2.24, 2.45) is 0 Å². The second-order valence-electron chi connectivity index (χ2n) is 8.25. The van der Waals surface area contributed by atoms with E-state index in [4.69, 9.17) is 4.98 Å². The molecule has 0 radical (unpaired) electrons. The lowest BCUT2D eigenvalue weighted by molar-refractivity contribution is -0.127. The number of rotatable bonds is 5. The summed E-state index contributed by atoms with van der Waals surface area (Å²) in [7, 11) is 0. The van der Waals surface area contributed by atoms with E-state index in [-0.39, 0.29) is 24.3 Å². The Hall–Kier alpha value is -3.15. The van der Waals surface area contributed by atoms with Gasteiger partial charge >= 0.3 is 0 Å². The Morgan fingerprint density at radius 1 is 1.00 bits per heavy atom. The molecule has 1 aliphatic heterocycles. The predicted molar refractivity (Wildman–Crippen MR) is 116 cm³/mol. The zero-order chi connectivity index (χ0) is 20.5. The van der Waals surface area contributed by atoms with Crippen LogP contribution in [0.1, 0.15) is 50.1 Å². The number of amides is 2. The third kappa shape index (κ3) is 3.36. The average Bonchev–Trinajstić information content (AvgIpc) is 3.28. The van der Waals surface area contributed by atoms with E-state index < -0.39 is 6.04 Å². The van der Waals surface area contributed by atoms with Crippen molar-refractivity contribution >= 4 is 28.8 Å². The summed E-state index contributed by atoms with van der Waals surface area (Å²) < 4.78 is 1.98. The third-order valence-corrected chi connectivity index (χ3v) is 6.28. The van der Waals surface area contributed by atoms with Crippen molar-refractivity contribution in [2.45, 2.75) is 57.2 Å². The van der Waals surface area contributed by atoms with Crippen molar-refractivity contribution in [2.75, 3.05) is 4.90 Å². The first-order chi connectivity index (χ1) is 14.7. The summed E-state index contributed by atoms with van der Waals surface area (Å²) in [6.07, 6.45) is 5.63. The summed E-state index contributed by atoms with van der Waals surface area (Å²) in [5.74, 6) is 0.588. The van der Waals surface area contributed by atoms with E-state index in [0.29, 0.717) is 12.5 Å².